The lowest BCUT2D eigenvalue weighted by Gasteiger charge is -2.44. The van der Waals surface area contributed by atoms with Gasteiger partial charge in [-0.3, -0.25) is 4.90 Å². The van der Waals surface area contributed by atoms with E-state index in [1.165, 1.54) is 70.8 Å². The molecule has 0 bridgehead atoms. The average Bonchev–Trinajstić information content (AvgIpc) is 2.37. The van der Waals surface area contributed by atoms with E-state index >= 15 is 0 Å². The predicted octanol–water partition coefficient (Wildman–Crippen LogP) is 5.00. The van der Waals surface area contributed by atoms with Crippen LogP contribution in [0.2, 0.25) is 0 Å². The summed E-state index contributed by atoms with van der Waals surface area (Å²) in [7, 11) is 0. The molecule has 0 N–H and O–H groups in total. The van der Waals surface area contributed by atoms with Crippen LogP contribution in [0.15, 0.2) is 0 Å². The quantitative estimate of drug-likeness (QED) is 0.682. The minimum atomic E-state index is 0.453. The first kappa shape index (κ1) is 14.4. The summed E-state index contributed by atoms with van der Waals surface area (Å²) < 4.78 is 0. The van der Waals surface area contributed by atoms with Crippen LogP contribution in [-0.2, 0) is 0 Å². The third kappa shape index (κ3) is 4.26. The lowest BCUT2D eigenvalue weighted by atomic mass is 9.85. The van der Waals surface area contributed by atoms with Crippen LogP contribution in [-0.4, -0.2) is 23.5 Å². The molecule has 2 saturated carbocycles. The molecule has 0 unspecified atom stereocenters. The zero-order chi connectivity index (χ0) is 13.0. The highest BCUT2D eigenvalue weighted by molar-refractivity contribution is 4.86. The highest BCUT2D eigenvalue weighted by Gasteiger charge is 2.31. The molecule has 0 atom stereocenters. The van der Waals surface area contributed by atoms with Crippen molar-refractivity contribution >= 4 is 0 Å². The van der Waals surface area contributed by atoms with Gasteiger partial charge < -0.3 is 0 Å². The molecule has 0 aliphatic heterocycles. The van der Waals surface area contributed by atoms with Crippen molar-refractivity contribution in [3.63, 3.8) is 0 Å². The van der Waals surface area contributed by atoms with Gasteiger partial charge >= 0.3 is 0 Å². The van der Waals surface area contributed by atoms with Gasteiger partial charge in [0.1, 0.15) is 0 Å². The van der Waals surface area contributed by atoms with E-state index in [1.54, 1.807) is 0 Å². The van der Waals surface area contributed by atoms with Crippen molar-refractivity contribution in [2.45, 2.75) is 97.1 Å². The number of rotatable bonds is 3. The molecule has 2 rings (SSSR count). The first-order valence-electron chi connectivity index (χ1n) is 8.32. The maximum Gasteiger partial charge on any atom is 0.00984 e. The van der Waals surface area contributed by atoms with Gasteiger partial charge in [0.05, 0.1) is 0 Å². The summed E-state index contributed by atoms with van der Waals surface area (Å²) in [5, 5.41) is 0. The molecule has 0 radical (unpaired) electrons. The molecule has 2 aliphatic rings. The lowest BCUT2D eigenvalue weighted by molar-refractivity contribution is 0.0488. The van der Waals surface area contributed by atoms with E-state index in [-0.39, 0.29) is 0 Å². The summed E-state index contributed by atoms with van der Waals surface area (Å²) >= 11 is 0. The SMILES string of the molecule is CC(C)(C)CN(C1CCCCC1)C1CCCCC1. The molecule has 0 aromatic heterocycles. The summed E-state index contributed by atoms with van der Waals surface area (Å²) in [6, 6.07) is 1.81. The largest absolute Gasteiger partial charge is 0.297 e. The first-order chi connectivity index (χ1) is 8.56. The third-order valence-corrected chi connectivity index (χ3v) is 4.74. The van der Waals surface area contributed by atoms with Gasteiger partial charge in [-0.2, -0.15) is 0 Å². The second kappa shape index (κ2) is 6.41. The molecule has 1 heteroatoms. The molecule has 0 amide bonds. The molecule has 0 saturated heterocycles. The minimum absolute atomic E-state index is 0.453. The Labute approximate surface area is 114 Å². The maximum absolute atomic E-state index is 2.93. The predicted molar refractivity (Wildman–Crippen MR) is 79.9 cm³/mol. The first-order valence-corrected chi connectivity index (χ1v) is 8.32. The van der Waals surface area contributed by atoms with E-state index in [9.17, 15) is 0 Å². The number of hydrogen-bond donors (Lipinski definition) is 0. The Bertz CT molecular complexity index is 210. The zero-order valence-electron chi connectivity index (χ0n) is 12.9. The molecule has 106 valence electrons. The van der Waals surface area contributed by atoms with E-state index in [4.69, 9.17) is 0 Å². The van der Waals surface area contributed by atoms with Crippen molar-refractivity contribution in [2.75, 3.05) is 6.54 Å². The standard InChI is InChI=1S/C17H33N/c1-17(2,3)14-18(15-10-6-4-7-11-15)16-12-8-5-9-13-16/h15-16H,4-14H2,1-3H3. The monoisotopic (exact) mass is 251 g/mol. The number of nitrogens with zero attached hydrogens (tertiary/aromatic N) is 1. The topological polar surface area (TPSA) is 3.24 Å². The fraction of sp³-hybridized carbons (Fsp3) is 1.00. The van der Waals surface area contributed by atoms with Gasteiger partial charge in [0.15, 0.2) is 0 Å². The van der Waals surface area contributed by atoms with Gasteiger partial charge in [0, 0.05) is 18.6 Å². The highest BCUT2D eigenvalue weighted by atomic mass is 15.2. The Morgan fingerprint density at radius 2 is 1.11 bits per heavy atom. The van der Waals surface area contributed by atoms with Gasteiger partial charge in [0.2, 0.25) is 0 Å². The van der Waals surface area contributed by atoms with E-state index in [1.807, 2.05) is 0 Å². The highest BCUT2D eigenvalue weighted by Crippen LogP contribution is 2.32. The van der Waals surface area contributed by atoms with Crippen molar-refractivity contribution in [3.8, 4) is 0 Å². The van der Waals surface area contributed by atoms with E-state index in [0.29, 0.717) is 5.41 Å². The van der Waals surface area contributed by atoms with Crippen LogP contribution in [0.25, 0.3) is 0 Å². The minimum Gasteiger partial charge on any atom is -0.297 e. The Morgan fingerprint density at radius 3 is 1.44 bits per heavy atom. The van der Waals surface area contributed by atoms with Crippen LogP contribution >= 0.6 is 0 Å². The summed E-state index contributed by atoms with van der Waals surface area (Å²) in [5.41, 5.74) is 0.453. The van der Waals surface area contributed by atoms with Crippen molar-refractivity contribution in [3.05, 3.63) is 0 Å². The van der Waals surface area contributed by atoms with Crippen LogP contribution in [0, 0.1) is 5.41 Å². The van der Waals surface area contributed by atoms with E-state index in [0.717, 1.165) is 12.1 Å². The molecule has 2 fully saturated rings. The molecule has 0 aromatic rings. The maximum atomic E-state index is 2.93. The number of hydrogen-bond acceptors (Lipinski definition) is 1. The van der Waals surface area contributed by atoms with E-state index < -0.39 is 0 Å². The van der Waals surface area contributed by atoms with Gasteiger partial charge in [-0.1, -0.05) is 59.3 Å². The Balaban J connectivity index is 2.00. The van der Waals surface area contributed by atoms with Crippen molar-refractivity contribution < 1.29 is 0 Å². The lowest BCUT2D eigenvalue weighted by Crippen LogP contribution is -2.48. The Hall–Kier alpha value is -0.0400. The molecule has 2 aliphatic carbocycles. The summed E-state index contributed by atoms with van der Waals surface area (Å²) in [4.78, 5) is 2.93. The van der Waals surface area contributed by atoms with Gasteiger partial charge in [-0.25, -0.2) is 0 Å². The zero-order valence-corrected chi connectivity index (χ0v) is 12.9. The summed E-state index contributed by atoms with van der Waals surface area (Å²) in [5.74, 6) is 0. The van der Waals surface area contributed by atoms with Crippen LogP contribution in [0.5, 0.6) is 0 Å². The van der Waals surface area contributed by atoms with Crippen LogP contribution < -0.4 is 0 Å². The molecule has 0 aromatic carbocycles. The van der Waals surface area contributed by atoms with Crippen molar-refractivity contribution in [2.24, 2.45) is 5.41 Å². The molecule has 0 heterocycles. The molecule has 18 heavy (non-hydrogen) atoms. The molecule has 0 spiro atoms. The summed E-state index contributed by atoms with van der Waals surface area (Å²) in [6.45, 7) is 8.53. The second-order valence-corrected chi connectivity index (χ2v) is 7.82. The Morgan fingerprint density at radius 1 is 0.722 bits per heavy atom. The van der Waals surface area contributed by atoms with E-state index in [2.05, 4.69) is 25.7 Å². The average molecular weight is 251 g/mol. The molecule has 1 nitrogen and oxygen atoms in total. The van der Waals surface area contributed by atoms with Crippen LogP contribution in [0.4, 0.5) is 0 Å². The fourth-order valence-corrected chi connectivity index (χ4v) is 3.93. The molecular weight excluding hydrogens is 218 g/mol. The molecular formula is C17H33N. The second-order valence-electron chi connectivity index (χ2n) is 7.82. The normalized spacial score (nSPS) is 24.7. The van der Waals surface area contributed by atoms with Gasteiger partial charge in [0.25, 0.3) is 0 Å². The van der Waals surface area contributed by atoms with Crippen molar-refractivity contribution in [1.82, 2.24) is 4.90 Å². The van der Waals surface area contributed by atoms with Crippen molar-refractivity contribution in [1.29, 1.82) is 0 Å². The van der Waals surface area contributed by atoms with Gasteiger partial charge in [-0.05, 0) is 31.1 Å². The van der Waals surface area contributed by atoms with Crippen LogP contribution in [0.3, 0.4) is 0 Å². The van der Waals surface area contributed by atoms with Crippen LogP contribution in [0.1, 0.15) is 85.0 Å². The third-order valence-electron chi connectivity index (χ3n) is 4.74. The summed E-state index contributed by atoms with van der Waals surface area (Å²) in [6.07, 6.45) is 14.7. The Kier molecular flexibility index (Phi) is 5.12. The van der Waals surface area contributed by atoms with Gasteiger partial charge in [-0.15, -0.1) is 0 Å². The smallest absolute Gasteiger partial charge is 0.00984 e. The fourth-order valence-electron chi connectivity index (χ4n) is 3.93.